The van der Waals surface area contributed by atoms with Crippen LogP contribution in [0.3, 0.4) is 0 Å². The van der Waals surface area contributed by atoms with Crippen molar-refractivity contribution in [1.82, 2.24) is 19.9 Å². The van der Waals surface area contributed by atoms with Crippen LogP contribution in [-0.4, -0.2) is 25.8 Å². The number of hydrogen-bond donors (Lipinski definition) is 1. The van der Waals surface area contributed by atoms with Gasteiger partial charge in [0.15, 0.2) is 0 Å². The number of nitrogens with zero attached hydrogens (tertiary/aromatic N) is 4. The largest absolute Gasteiger partial charge is 0.417 e. The molecule has 0 saturated heterocycles. The fraction of sp³-hybridized carbons (Fsp3) is 0.0769. The van der Waals surface area contributed by atoms with Crippen LogP contribution in [0.25, 0.3) is 28.2 Å². The van der Waals surface area contributed by atoms with E-state index in [2.05, 4.69) is 20.6 Å². The highest BCUT2D eigenvalue weighted by Gasteiger charge is 2.35. The average Bonchev–Trinajstić information content (AvgIpc) is 3.50. The van der Waals surface area contributed by atoms with E-state index in [0.717, 1.165) is 18.2 Å². The van der Waals surface area contributed by atoms with Crippen molar-refractivity contribution in [2.75, 3.05) is 5.32 Å². The summed E-state index contributed by atoms with van der Waals surface area (Å²) in [4.78, 5) is 17.2. The summed E-state index contributed by atoms with van der Waals surface area (Å²) in [5, 5.41) is 10.9. The van der Waals surface area contributed by atoms with E-state index in [1.54, 1.807) is 37.5 Å². The Labute approximate surface area is 207 Å². The van der Waals surface area contributed by atoms with Gasteiger partial charge in [-0.2, -0.15) is 18.3 Å². The van der Waals surface area contributed by atoms with Gasteiger partial charge < -0.3 is 9.84 Å². The minimum Gasteiger partial charge on any atom is -0.361 e. The number of benzene rings is 2. The molecule has 3 heterocycles. The van der Waals surface area contributed by atoms with Gasteiger partial charge in [-0.05, 0) is 61.5 Å². The van der Waals surface area contributed by atoms with Crippen LogP contribution < -0.4 is 5.32 Å². The maximum Gasteiger partial charge on any atom is 0.417 e. The minimum atomic E-state index is -4.67. The van der Waals surface area contributed by atoms with Crippen LogP contribution in [0.1, 0.15) is 21.7 Å². The van der Waals surface area contributed by atoms with E-state index in [1.807, 2.05) is 0 Å². The van der Waals surface area contributed by atoms with Gasteiger partial charge in [0.1, 0.15) is 23.1 Å². The number of nitrogens with one attached hydrogen (secondary N) is 1. The van der Waals surface area contributed by atoms with Crippen molar-refractivity contribution in [3.8, 4) is 28.2 Å². The Hall–Kier alpha value is -4.80. The number of hydrogen-bond acceptors (Lipinski definition) is 5. The topological polar surface area (TPSA) is 85.8 Å². The summed E-state index contributed by atoms with van der Waals surface area (Å²) in [7, 11) is 0. The second-order valence-electron chi connectivity index (χ2n) is 8.07. The second kappa shape index (κ2) is 9.34. The second-order valence-corrected chi connectivity index (χ2v) is 8.07. The lowest BCUT2D eigenvalue weighted by molar-refractivity contribution is -0.137. The summed E-state index contributed by atoms with van der Waals surface area (Å²) in [5.41, 5.74) is 0.341. The first-order chi connectivity index (χ1) is 17.7. The number of halogens is 4. The fourth-order valence-corrected chi connectivity index (χ4v) is 3.74. The van der Waals surface area contributed by atoms with Crippen molar-refractivity contribution in [1.29, 1.82) is 0 Å². The quantitative estimate of drug-likeness (QED) is 0.282. The molecular formula is C26H17F4N5O2. The van der Waals surface area contributed by atoms with Crippen molar-refractivity contribution in [3.63, 3.8) is 0 Å². The first kappa shape index (κ1) is 23.9. The summed E-state index contributed by atoms with van der Waals surface area (Å²) < 4.78 is 60.8. The molecule has 186 valence electrons. The molecule has 11 heteroatoms. The van der Waals surface area contributed by atoms with Crippen molar-refractivity contribution >= 4 is 11.7 Å². The SMILES string of the molecule is Cc1cc(-c2cc(C(=O)Nc3cc(-c4ccncc4)nn3-c3ccc(F)cc3)ccc2C(F)(F)F)no1. The van der Waals surface area contributed by atoms with Gasteiger partial charge in [0.05, 0.1) is 16.9 Å². The highest BCUT2D eigenvalue weighted by Crippen LogP contribution is 2.37. The van der Waals surface area contributed by atoms with E-state index >= 15 is 0 Å². The first-order valence-corrected chi connectivity index (χ1v) is 10.9. The van der Waals surface area contributed by atoms with Crippen molar-refractivity contribution in [2.45, 2.75) is 13.1 Å². The Kier molecular flexibility index (Phi) is 6.04. The highest BCUT2D eigenvalue weighted by atomic mass is 19.4. The van der Waals surface area contributed by atoms with Crippen LogP contribution in [0, 0.1) is 12.7 Å². The Bertz CT molecular complexity index is 1580. The molecule has 0 aliphatic carbocycles. The maximum atomic E-state index is 13.7. The number of pyridine rings is 1. The number of carbonyl (C=O) groups excluding carboxylic acids is 1. The van der Waals surface area contributed by atoms with Gasteiger partial charge in [0.2, 0.25) is 0 Å². The summed E-state index contributed by atoms with van der Waals surface area (Å²) in [6.45, 7) is 1.55. The number of aryl methyl sites for hydroxylation is 1. The Morgan fingerprint density at radius 2 is 1.68 bits per heavy atom. The van der Waals surface area contributed by atoms with Gasteiger partial charge in [0.25, 0.3) is 5.91 Å². The molecule has 0 spiro atoms. The summed E-state index contributed by atoms with van der Waals surface area (Å²) in [6, 6.07) is 14.9. The molecule has 5 rings (SSSR count). The Balaban J connectivity index is 1.54. The number of amides is 1. The lowest BCUT2D eigenvalue weighted by Crippen LogP contribution is -2.16. The zero-order chi connectivity index (χ0) is 26.2. The highest BCUT2D eigenvalue weighted by molar-refractivity contribution is 6.05. The molecule has 0 atom stereocenters. The molecule has 1 amide bonds. The van der Waals surface area contributed by atoms with Crippen LogP contribution in [-0.2, 0) is 6.18 Å². The third-order valence-electron chi connectivity index (χ3n) is 5.49. The third-order valence-corrected chi connectivity index (χ3v) is 5.49. The number of alkyl halides is 3. The molecule has 2 aromatic carbocycles. The van der Waals surface area contributed by atoms with Gasteiger partial charge in [-0.3, -0.25) is 9.78 Å². The van der Waals surface area contributed by atoms with Crippen molar-refractivity contribution < 1.29 is 26.9 Å². The molecule has 0 aliphatic heterocycles. The molecule has 1 N–H and O–H groups in total. The first-order valence-electron chi connectivity index (χ1n) is 10.9. The maximum absolute atomic E-state index is 13.7. The Morgan fingerprint density at radius 3 is 2.32 bits per heavy atom. The number of anilines is 1. The van der Waals surface area contributed by atoms with Gasteiger partial charge >= 0.3 is 6.18 Å². The molecule has 3 aromatic heterocycles. The van der Waals surface area contributed by atoms with E-state index in [0.29, 0.717) is 22.7 Å². The minimum absolute atomic E-state index is 0.0408. The van der Waals surface area contributed by atoms with Crippen LogP contribution in [0.2, 0.25) is 0 Å². The molecule has 0 bridgehead atoms. The van der Waals surface area contributed by atoms with E-state index in [-0.39, 0.29) is 22.6 Å². The molecule has 0 saturated carbocycles. The Morgan fingerprint density at radius 1 is 0.946 bits per heavy atom. The molecule has 0 fully saturated rings. The molecule has 37 heavy (non-hydrogen) atoms. The predicted octanol–water partition coefficient (Wildman–Crippen LogP) is 6.31. The van der Waals surface area contributed by atoms with Crippen LogP contribution in [0.5, 0.6) is 0 Å². The van der Waals surface area contributed by atoms with E-state index in [9.17, 15) is 22.4 Å². The molecule has 0 aliphatic rings. The number of aromatic nitrogens is 4. The summed E-state index contributed by atoms with van der Waals surface area (Å²) in [6.07, 6.45) is -1.50. The smallest absolute Gasteiger partial charge is 0.361 e. The van der Waals surface area contributed by atoms with Gasteiger partial charge in [-0.1, -0.05) is 5.16 Å². The fourth-order valence-electron chi connectivity index (χ4n) is 3.74. The molecule has 7 nitrogen and oxygen atoms in total. The number of carbonyl (C=O) groups is 1. The van der Waals surface area contributed by atoms with Crippen LogP contribution in [0.15, 0.2) is 83.6 Å². The van der Waals surface area contributed by atoms with Crippen LogP contribution >= 0.6 is 0 Å². The van der Waals surface area contributed by atoms with Gasteiger partial charge in [0, 0.05) is 41.2 Å². The van der Waals surface area contributed by atoms with E-state index in [1.165, 1.54) is 35.0 Å². The molecule has 0 unspecified atom stereocenters. The predicted molar refractivity (Wildman–Crippen MR) is 126 cm³/mol. The summed E-state index contributed by atoms with van der Waals surface area (Å²) in [5.74, 6) is -0.581. The summed E-state index contributed by atoms with van der Waals surface area (Å²) >= 11 is 0. The zero-order valence-electron chi connectivity index (χ0n) is 19.1. The van der Waals surface area contributed by atoms with E-state index in [4.69, 9.17) is 4.52 Å². The monoisotopic (exact) mass is 507 g/mol. The third kappa shape index (κ3) is 4.96. The standard InChI is InChI=1S/C26H17F4N5O2/c1-15-12-23(34-37-15)20-13-17(2-7-21(20)26(28,29)30)25(36)32-24-14-22(16-8-10-31-11-9-16)33-35(24)19-5-3-18(27)4-6-19/h2-14H,1H3,(H,32,36). The normalized spacial score (nSPS) is 11.5. The van der Waals surface area contributed by atoms with E-state index < -0.39 is 23.5 Å². The van der Waals surface area contributed by atoms with Crippen molar-refractivity contribution in [2.24, 2.45) is 0 Å². The van der Waals surface area contributed by atoms with Gasteiger partial charge in [-0.15, -0.1) is 0 Å². The van der Waals surface area contributed by atoms with Crippen molar-refractivity contribution in [3.05, 3.63) is 102 Å². The van der Waals surface area contributed by atoms with Crippen LogP contribution in [0.4, 0.5) is 23.4 Å². The average molecular weight is 507 g/mol. The van der Waals surface area contributed by atoms with Gasteiger partial charge in [-0.25, -0.2) is 9.07 Å². The molecule has 0 radical (unpaired) electrons. The lowest BCUT2D eigenvalue weighted by Gasteiger charge is -2.13. The number of rotatable bonds is 5. The lowest BCUT2D eigenvalue weighted by atomic mass is 10.00. The molecule has 5 aromatic rings. The zero-order valence-corrected chi connectivity index (χ0v) is 19.1. The molecular weight excluding hydrogens is 490 g/mol.